The summed E-state index contributed by atoms with van der Waals surface area (Å²) in [5.41, 5.74) is 0.826. The first-order valence-electron chi connectivity index (χ1n) is 8.22. The number of hydrogen-bond acceptors (Lipinski definition) is 4. The summed E-state index contributed by atoms with van der Waals surface area (Å²) in [6, 6.07) is 13.8. The van der Waals surface area contributed by atoms with Crippen LogP contribution in [0.1, 0.15) is 23.2 Å². The van der Waals surface area contributed by atoms with Crippen LogP contribution in [0.15, 0.2) is 59.5 Å². The van der Waals surface area contributed by atoms with Gasteiger partial charge < -0.3 is 10.6 Å². The molecule has 2 aromatic rings. The summed E-state index contributed by atoms with van der Waals surface area (Å²) in [5, 5.41) is 5.34. The standard InChI is InChI=1S/C18H19N3O4S/c22-17(20-14-7-2-1-3-8-14)13-6-4-9-15(12-13)26(24,25)21-16-10-5-11-19-18(16)23/h1-4,6-9,12,16,21H,5,10-11H2,(H,19,23)(H,20,22)/t16-/m0/s1. The van der Waals surface area contributed by atoms with Gasteiger partial charge in [-0.05, 0) is 43.2 Å². The van der Waals surface area contributed by atoms with Crippen LogP contribution in [0.2, 0.25) is 0 Å². The summed E-state index contributed by atoms with van der Waals surface area (Å²) in [4.78, 5) is 24.1. The zero-order chi connectivity index (χ0) is 18.6. The van der Waals surface area contributed by atoms with Gasteiger partial charge in [0, 0.05) is 17.8 Å². The number of para-hydroxylation sites is 1. The molecule has 1 saturated heterocycles. The fraction of sp³-hybridized carbons (Fsp3) is 0.222. The molecule has 1 fully saturated rings. The van der Waals surface area contributed by atoms with Crippen LogP contribution in [0.4, 0.5) is 5.69 Å². The highest BCUT2D eigenvalue weighted by atomic mass is 32.2. The van der Waals surface area contributed by atoms with Gasteiger partial charge >= 0.3 is 0 Å². The maximum Gasteiger partial charge on any atom is 0.255 e. The highest BCUT2D eigenvalue weighted by molar-refractivity contribution is 7.89. The lowest BCUT2D eigenvalue weighted by molar-refractivity contribution is -0.124. The molecule has 3 N–H and O–H groups in total. The Kier molecular flexibility index (Phi) is 5.34. The third-order valence-corrected chi connectivity index (χ3v) is 5.49. The quantitative estimate of drug-likeness (QED) is 0.739. The van der Waals surface area contributed by atoms with E-state index in [0.717, 1.165) is 0 Å². The Balaban J connectivity index is 1.77. The van der Waals surface area contributed by atoms with Crippen molar-refractivity contribution in [3.63, 3.8) is 0 Å². The third-order valence-electron chi connectivity index (χ3n) is 4.02. The molecular formula is C18H19N3O4S. The number of carbonyl (C=O) groups is 2. The van der Waals surface area contributed by atoms with Gasteiger partial charge in [-0.3, -0.25) is 9.59 Å². The molecule has 0 bridgehead atoms. The first-order valence-corrected chi connectivity index (χ1v) is 9.70. The SMILES string of the molecule is O=C(Nc1ccccc1)c1cccc(S(=O)(=O)N[C@H]2CCCNC2=O)c1. The average Bonchev–Trinajstić information content (AvgIpc) is 2.64. The molecule has 1 aliphatic heterocycles. The summed E-state index contributed by atoms with van der Waals surface area (Å²) in [7, 11) is -3.91. The Morgan fingerprint density at radius 1 is 1.08 bits per heavy atom. The summed E-state index contributed by atoms with van der Waals surface area (Å²) >= 11 is 0. The first kappa shape index (κ1) is 18.1. The van der Waals surface area contributed by atoms with Gasteiger partial charge in [0.05, 0.1) is 4.90 Å². The molecule has 7 nitrogen and oxygen atoms in total. The number of hydrogen-bond donors (Lipinski definition) is 3. The lowest BCUT2D eigenvalue weighted by atomic mass is 10.1. The molecule has 0 saturated carbocycles. The van der Waals surface area contributed by atoms with Crippen LogP contribution < -0.4 is 15.4 Å². The van der Waals surface area contributed by atoms with Crippen LogP contribution in [-0.2, 0) is 14.8 Å². The molecule has 0 unspecified atom stereocenters. The molecular weight excluding hydrogens is 354 g/mol. The summed E-state index contributed by atoms with van der Waals surface area (Å²) < 4.78 is 27.5. The van der Waals surface area contributed by atoms with Crippen molar-refractivity contribution < 1.29 is 18.0 Å². The summed E-state index contributed by atoms with van der Waals surface area (Å²) in [6.45, 7) is 0.548. The molecule has 0 spiro atoms. The number of nitrogens with one attached hydrogen (secondary N) is 3. The fourth-order valence-corrected chi connectivity index (χ4v) is 3.94. The minimum absolute atomic E-state index is 0.0587. The van der Waals surface area contributed by atoms with E-state index in [2.05, 4.69) is 15.4 Å². The molecule has 8 heteroatoms. The maximum absolute atomic E-state index is 12.6. The van der Waals surface area contributed by atoms with Gasteiger partial charge in [0.15, 0.2) is 0 Å². The Bertz CT molecular complexity index is 913. The van der Waals surface area contributed by atoms with Crippen molar-refractivity contribution in [2.45, 2.75) is 23.8 Å². The summed E-state index contributed by atoms with van der Waals surface area (Å²) in [5.74, 6) is -0.749. The molecule has 26 heavy (non-hydrogen) atoms. The number of anilines is 1. The van der Waals surface area contributed by atoms with Crippen LogP contribution in [0.3, 0.4) is 0 Å². The van der Waals surface area contributed by atoms with Crippen molar-refractivity contribution in [2.24, 2.45) is 0 Å². The van der Waals surface area contributed by atoms with Crippen LogP contribution in [0.25, 0.3) is 0 Å². The van der Waals surface area contributed by atoms with E-state index in [4.69, 9.17) is 0 Å². The molecule has 1 atom stereocenters. The zero-order valence-electron chi connectivity index (χ0n) is 13.9. The zero-order valence-corrected chi connectivity index (χ0v) is 14.8. The molecule has 136 valence electrons. The van der Waals surface area contributed by atoms with Crippen molar-refractivity contribution in [2.75, 3.05) is 11.9 Å². The van der Waals surface area contributed by atoms with Crippen molar-refractivity contribution in [1.82, 2.24) is 10.0 Å². The van der Waals surface area contributed by atoms with Crippen LogP contribution in [-0.4, -0.2) is 32.8 Å². The second-order valence-electron chi connectivity index (χ2n) is 5.96. The van der Waals surface area contributed by atoms with Gasteiger partial charge in [-0.2, -0.15) is 4.72 Å². The number of rotatable bonds is 5. The molecule has 2 amide bonds. The lowest BCUT2D eigenvalue weighted by Gasteiger charge is -2.22. The van der Waals surface area contributed by atoms with E-state index in [9.17, 15) is 18.0 Å². The number of carbonyl (C=O) groups excluding carboxylic acids is 2. The van der Waals surface area contributed by atoms with Crippen molar-refractivity contribution in [3.05, 3.63) is 60.2 Å². The van der Waals surface area contributed by atoms with Gasteiger partial charge in [0.2, 0.25) is 15.9 Å². The van der Waals surface area contributed by atoms with Crippen molar-refractivity contribution in [3.8, 4) is 0 Å². The highest BCUT2D eigenvalue weighted by Gasteiger charge is 2.28. The molecule has 0 radical (unpaired) electrons. The predicted octanol–water partition coefficient (Wildman–Crippen LogP) is 1.50. The van der Waals surface area contributed by atoms with E-state index >= 15 is 0 Å². The van der Waals surface area contributed by atoms with E-state index in [1.54, 1.807) is 24.3 Å². The Hall–Kier alpha value is -2.71. The van der Waals surface area contributed by atoms with Crippen LogP contribution in [0.5, 0.6) is 0 Å². The smallest absolute Gasteiger partial charge is 0.255 e. The normalized spacial score (nSPS) is 17.4. The highest BCUT2D eigenvalue weighted by Crippen LogP contribution is 2.15. The molecule has 2 aromatic carbocycles. The van der Waals surface area contributed by atoms with E-state index in [1.807, 2.05) is 6.07 Å². The first-order chi connectivity index (χ1) is 12.5. The van der Waals surface area contributed by atoms with Gasteiger partial charge in [-0.25, -0.2) is 8.42 Å². The minimum Gasteiger partial charge on any atom is -0.355 e. The second kappa shape index (κ2) is 7.67. The largest absolute Gasteiger partial charge is 0.355 e. The second-order valence-corrected chi connectivity index (χ2v) is 7.67. The van der Waals surface area contributed by atoms with Crippen LogP contribution >= 0.6 is 0 Å². The van der Waals surface area contributed by atoms with Gasteiger partial charge in [-0.15, -0.1) is 0 Å². The molecule has 1 heterocycles. The Morgan fingerprint density at radius 2 is 1.85 bits per heavy atom. The Morgan fingerprint density at radius 3 is 2.58 bits per heavy atom. The fourth-order valence-electron chi connectivity index (χ4n) is 2.67. The number of benzene rings is 2. The summed E-state index contributed by atoms with van der Waals surface area (Å²) in [6.07, 6.45) is 1.15. The van der Waals surface area contributed by atoms with Crippen LogP contribution in [0, 0.1) is 0 Å². The Labute approximate surface area is 151 Å². The molecule has 0 aliphatic carbocycles. The van der Waals surface area contributed by atoms with Crippen molar-refractivity contribution in [1.29, 1.82) is 0 Å². The number of piperidine rings is 1. The van der Waals surface area contributed by atoms with E-state index in [-0.39, 0.29) is 16.4 Å². The van der Waals surface area contributed by atoms with Gasteiger partial charge in [-0.1, -0.05) is 24.3 Å². The topological polar surface area (TPSA) is 104 Å². The molecule has 3 rings (SSSR count). The maximum atomic E-state index is 12.6. The number of amides is 2. The lowest BCUT2D eigenvalue weighted by Crippen LogP contribution is -2.50. The van der Waals surface area contributed by atoms with E-state index < -0.39 is 22.0 Å². The monoisotopic (exact) mass is 373 g/mol. The third kappa shape index (κ3) is 4.27. The predicted molar refractivity (Wildman–Crippen MR) is 97.2 cm³/mol. The number of sulfonamides is 1. The minimum atomic E-state index is -3.91. The van der Waals surface area contributed by atoms with E-state index in [0.29, 0.717) is 25.1 Å². The molecule has 0 aromatic heterocycles. The molecule has 1 aliphatic rings. The average molecular weight is 373 g/mol. The van der Waals surface area contributed by atoms with E-state index in [1.165, 1.54) is 24.3 Å². The van der Waals surface area contributed by atoms with Gasteiger partial charge in [0.1, 0.15) is 6.04 Å². The van der Waals surface area contributed by atoms with Gasteiger partial charge in [0.25, 0.3) is 5.91 Å². The van der Waals surface area contributed by atoms with Crippen molar-refractivity contribution >= 4 is 27.5 Å².